The number of nitrogens with one attached hydrogen (secondary N) is 1. The molecule has 1 heterocycles. The van der Waals surface area contributed by atoms with Crippen LogP contribution in [0.5, 0.6) is 5.75 Å². The summed E-state index contributed by atoms with van der Waals surface area (Å²) in [5.74, 6) is 1.68. The highest BCUT2D eigenvalue weighted by atomic mass is 16.5. The molecule has 1 aromatic carbocycles. The molecule has 2 rings (SSSR count). The molecular formula is C17H28N2O. The van der Waals surface area contributed by atoms with Crippen LogP contribution in [0.1, 0.15) is 33.3 Å². The van der Waals surface area contributed by atoms with E-state index in [2.05, 4.69) is 56.1 Å². The number of nitrogens with zero attached hydrogens (tertiary/aromatic N) is 1. The van der Waals surface area contributed by atoms with E-state index in [9.17, 15) is 0 Å². The quantitative estimate of drug-likeness (QED) is 0.895. The summed E-state index contributed by atoms with van der Waals surface area (Å²) in [6.07, 6.45) is 0. The smallest absolute Gasteiger partial charge is 0.123 e. The van der Waals surface area contributed by atoms with Crippen LogP contribution in [-0.4, -0.2) is 36.7 Å². The summed E-state index contributed by atoms with van der Waals surface area (Å²) >= 11 is 0. The fourth-order valence-corrected chi connectivity index (χ4v) is 2.65. The van der Waals surface area contributed by atoms with Gasteiger partial charge in [0.15, 0.2) is 0 Å². The maximum absolute atomic E-state index is 5.85. The Labute approximate surface area is 123 Å². The highest BCUT2D eigenvalue weighted by molar-refractivity contribution is 5.33. The van der Waals surface area contributed by atoms with Crippen LogP contribution in [0.25, 0.3) is 0 Å². The molecule has 1 aliphatic rings. The maximum atomic E-state index is 5.85. The van der Waals surface area contributed by atoms with Crippen molar-refractivity contribution in [2.45, 2.75) is 46.3 Å². The molecule has 0 aromatic heterocycles. The third-order valence-corrected chi connectivity index (χ3v) is 4.23. The minimum atomic E-state index is 0.552. The second-order valence-electron chi connectivity index (χ2n) is 6.21. The van der Waals surface area contributed by atoms with Gasteiger partial charge in [0.2, 0.25) is 0 Å². The van der Waals surface area contributed by atoms with Gasteiger partial charge in [-0.1, -0.05) is 39.0 Å². The third kappa shape index (κ3) is 3.97. The molecule has 1 aliphatic heterocycles. The van der Waals surface area contributed by atoms with Crippen molar-refractivity contribution in [2.24, 2.45) is 5.92 Å². The van der Waals surface area contributed by atoms with Gasteiger partial charge in [0, 0.05) is 30.7 Å². The number of para-hydroxylation sites is 1. The predicted octanol–water partition coefficient (Wildman–Crippen LogP) is 2.90. The number of ether oxygens (including phenoxy) is 1. The van der Waals surface area contributed by atoms with E-state index in [1.807, 2.05) is 6.07 Å². The van der Waals surface area contributed by atoms with E-state index in [0.29, 0.717) is 18.0 Å². The Morgan fingerprint density at radius 3 is 2.70 bits per heavy atom. The molecule has 0 radical (unpaired) electrons. The average Bonchev–Trinajstić information content (AvgIpc) is 2.65. The molecule has 0 aliphatic carbocycles. The van der Waals surface area contributed by atoms with Crippen molar-refractivity contribution in [3.8, 4) is 5.75 Å². The highest BCUT2D eigenvalue weighted by Gasteiger charge is 2.23. The molecule has 1 N–H and O–H groups in total. The molecule has 3 heteroatoms. The summed E-state index contributed by atoms with van der Waals surface area (Å²) in [6.45, 7) is 12.9. The lowest BCUT2D eigenvalue weighted by Gasteiger charge is -2.32. The fraction of sp³-hybridized carbons (Fsp3) is 0.647. The third-order valence-electron chi connectivity index (χ3n) is 4.23. The molecule has 2 atom stereocenters. The second kappa shape index (κ2) is 7.09. The van der Waals surface area contributed by atoms with Gasteiger partial charge in [-0.15, -0.1) is 0 Å². The summed E-state index contributed by atoms with van der Waals surface area (Å²) < 4.78 is 5.85. The Bertz CT molecular complexity index is 419. The van der Waals surface area contributed by atoms with Crippen molar-refractivity contribution in [1.29, 1.82) is 0 Å². The first-order valence-corrected chi connectivity index (χ1v) is 7.76. The van der Waals surface area contributed by atoms with Crippen LogP contribution in [0.15, 0.2) is 24.3 Å². The van der Waals surface area contributed by atoms with Crippen molar-refractivity contribution in [3.63, 3.8) is 0 Å². The van der Waals surface area contributed by atoms with Crippen molar-refractivity contribution in [2.75, 3.05) is 19.7 Å². The van der Waals surface area contributed by atoms with E-state index in [1.165, 1.54) is 5.56 Å². The molecular weight excluding hydrogens is 248 g/mol. The van der Waals surface area contributed by atoms with E-state index >= 15 is 0 Å². The molecule has 0 fully saturated rings. The Morgan fingerprint density at radius 1 is 1.20 bits per heavy atom. The first-order valence-electron chi connectivity index (χ1n) is 7.76. The summed E-state index contributed by atoms with van der Waals surface area (Å²) in [5, 5.41) is 3.54. The SMILES string of the molecule is CC(C)NCC(C)C(C)N1CCOc2ccccc2C1. The van der Waals surface area contributed by atoms with Gasteiger partial charge in [-0.3, -0.25) is 4.90 Å². The highest BCUT2D eigenvalue weighted by Crippen LogP contribution is 2.24. The Kier molecular flexibility index (Phi) is 5.44. The van der Waals surface area contributed by atoms with Gasteiger partial charge in [-0.25, -0.2) is 0 Å². The molecule has 112 valence electrons. The number of rotatable bonds is 5. The van der Waals surface area contributed by atoms with Gasteiger partial charge >= 0.3 is 0 Å². The zero-order valence-electron chi connectivity index (χ0n) is 13.2. The fourth-order valence-electron chi connectivity index (χ4n) is 2.65. The van der Waals surface area contributed by atoms with Gasteiger partial charge in [0.25, 0.3) is 0 Å². The molecule has 1 aromatic rings. The summed E-state index contributed by atoms with van der Waals surface area (Å²) in [4.78, 5) is 2.54. The lowest BCUT2D eigenvalue weighted by molar-refractivity contribution is 0.138. The Balaban J connectivity index is 1.98. The van der Waals surface area contributed by atoms with Crippen LogP contribution >= 0.6 is 0 Å². The van der Waals surface area contributed by atoms with E-state index in [0.717, 1.165) is 32.0 Å². The normalized spacial score (nSPS) is 19.1. The van der Waals surface area contributed by atoms with E-state index in [-0.39, 0.29) is 0 Å². The van der Waals surface area contributed by atoms with E-state index < -0.39 is 0 Å². The van der Waals surface area contributed by atoms with E-state index in [1.54, 1.807) is 0 Å². The number of benzene rings is 1. The van der Waals surface area contributed by atoms with Gasteiger partial charge in [0.1, 0.15) is 12.4 Å². The van der Waals surface area contributed by atoms with Gasteiger partial charge in [-0.2, -0.15) is 0 Å². The molecule has 0 saturated carbocycles. The molecule has 3 nitrogen and oxygen atoms in total. The summed E-state index contributed by atoms with van der Waals surface area (Å²) in [6, 6.07) is 9.51. The Morgan fingerprint density at radius 2 is 1.95 bits per heavy atom. The maximum Gasteiger partial charge on any atom is 0.123 e. The number of fused-ring (bicyclic) bond motifs is 1. The van der Waals surface area contributed by atoms with Gasteiger partial charge in [-0.05, 0) is 25.5 Å². The standard InChI is InChI=1S/C17H28N2O/c1-13(2)18-11-14(3)15(4)19-9-10-20-17-8-6-5-7-16(17)12-19/h5-8,13-15,18H,9-12H2,1-4H3. The van der Waals surface area contributed by atoms with Crippen LogP contribution in [0.3, 0.4) is 0 Å². The molecule has 0 bridgehead atoms. The van der Waals surface area contributed by atoms with E-state index in [4.69, 9.17) is 4.74 Å². The van der Waals surface area contributed by atoms with Gasteiger partial charge in [0.05, 0.1) is 0 Å². The average molecular weight is 276 g/mol. The molecule has 2 unspecified atom stereocenters. The lowest BCUT2D eigenvalue weighted by Crippen LogP contribution is -2.42. The minimum Gasteiger partial charge on any atom is -0.492 e. The Hall–Kier alpha value is -1.06. The zero-order valence-corrected chi connectivity index (χ0v) is 13.2. The molecule has 0 amide bonds. The monoisotopic (exact) mass is 276 g/mol. The van der Waals surface area contributed by atoms with Crippen molar-refractivity contribution < 1.29 is 4.74 Å². The number of hydrogen-bond donors (Lipinski definition) is 1. The number of hydrogen-bond acceptors (Lipinski definition) is 3. The first-order chi connectivity index (χ1) is 9.58. The van der Waals surface area contributed by atoms with Crippen LogP contribution < -0.4 is 10.1 Å². The summed E-state index contributed by atoms with van der Waals surface area (Å²) in [5.41, 5.74) is 1.31. The van der Waals surface area contributed by atoms with Crippen molar-refractivity contribution in [3.05, 3.63) is 29.8 Å². The first kappa shape index (κ1) is 15.3. The zero-order chi connectivity index (χ0) is 14.5. The molecule has 0 saturated heterocycles. The molecule has 0 spiro atoms. The van der Waals surface area contributed by atoms with Crippen LogP contribution in [-0.2, 0) is 6.54 Å². The predicted molar refractivity (Wildman–Crippen MR) is 84.1 cm³/mol. The largest absolute Gasteiger partial charge is 0.492 e. The lowest BCUT2D eigenvalue weighted by atomic mass is 10.0. The molecule has 20 heavy (non-hydrogen) atoms. The minimum absolute atomic E-state index is 0.552. The summed E-state index contributed by atoms with van der Waals surface area (Å²) in [7, 11) is 0. The van der Waals surface area contributed by atoms with Crippen LogP contribution in [0.2, 0.25) is 0 Å². The van der Waals surface area contributed by atoms with Crippen molar-refractivity contribution >= 4 is 0 Å². The second-order valence-corrected chi connectivity index (χ2v) is 6.21. The topological polar surface area (TPSA) is 24.5 Å². The van der Waals surface area contributed by atoms with Crippen molar-refractivity contribution in [1.82, 2.24) is 10.2 Å². The van der Waals surface area contributed by atoms with Gasteiger partial charge < -0.3 is 10.1 Å². The van der Waals surface area contributed by atoms with Crippen LogP contribution in [0, 0.1) is 5.92 Å². The van der Waals surface area contributed by atoms with Crippen LogP contribution in [0.4, 0.5) is 0 Å².